The molecule has 0 unspecified atom stereocenters. The van der Waals surface area contributed by atoms with E-state index in [4.69, 9.17) is 0 Å². The molecule has 2 aromatic carbocycles. The van der Waals surface area contributed by atoms with E-state index in [1.807, 2.05) is 13.8 Å². The molecule has 1 fully saturated rings. The van der Waals surface area contributed by atoms with Crippen LogP contribution in [-0.2, 0) is 4.79 Å². The molecule has 1 aliphatic carbocycles. The summed E-state index contributed by atoms with van der Waals surface area (Å²) in [6, 6.07) is 9.83. The highest BCUT2D eigenvalue weighted by Gasteiger charge is 2.34. The molecule has 0 aromatic heterocycles. The molecule has 0 atom stereocenters. The van der Waals surface area contributed by atoms with E-state index in [2.05, 4.69) is 10.6 Å². The first-order valence-electron chi connectivity index (χ1n) is 9.69. The number of fused-ring (bicyclic) bond motifs is 1. The van der Waals surface area contributed by atoms with Crippen LogP contribution in [0.5, 0.6) is 0 Å². The Kier molecular flexibility index (Phi) is 5.78. The van der Waals surface area contributed by atoms with E-state index < -0.39 is 5.54 Å². The third-order valence-electron chi connectivity index (χ3n) is 5.43. The predicted molar refractivity (Wildman–Crippen MR) is 105 cm³/mol. The van der Waals surface area contributed by atoms with Crippen LogP contribution in [0.15, 0.2) is 36.4 Å². The molecule has 2 amide bonds. The summed E-state index contributed by atoms with van der Waals surface area (Å²) >= 11 is 0. The van der Waals surface area contributed by atoms with Crippen molar-refractivity contribution >= 4 is 22.6 Å². The number of nitrogens with one attached hydrogen (secondary N) is 2. The lowest BCUT2D eigenvalue weighted by Gasteiger charge is -2.39. The van der Waals surface area contributed by atoms with E-state index in [0.717, 1.165) is 32.1 Å². The van der Waals surface area contributed by atoms with Gasteiger partial charge in [0, 0.05) is 23.4 Å². The van der Waals surface area contributed by atoms with Gasteiger partial charge in [-0.3, -0.25) is 9.59 Å². The van der Waals surface area contributed by atoms with Crippen LogP contribution >= 0.6 is 0 Å². The molecule has 0 heterocycles. The largest absolute Gasteiger partial charge is 0.350 e. The monoisotopic (exact) mass is 370 g/mol. The molecule has 0 bridgehead atoms. The number of carbonyl (C=O) groups excluding carboxylic acids is 2. The van der Waals surface area contributed by atoms with Gasteiger partial charge in [0.15, 0.2) is 0 Å². The summed E-state index contributed by atoms with van der Waals surface area (Å²) < 4.78 is 14.0. The average molecular weight is 370 g/mol. The van der Waals surface area contributed by atoms with E-state index in [0.29, 0.717) is 22.9 Å². The summed E-state index contributed by atoms with van der Waals surface area (Å²) in [5, 5.41) is 7.19. The third-order valence-corrected chi connectivity index (χ3v) is 5.43. The number of carbonyl (C=O) groups is 2. The Balaban J connectivity index is 1.79. The first kappa shape index (κ1) is 19.3. The molecule has 2 N–H and O–H groups in total. The van der Waals surface area contributed by atoms with Gasteiger partial charge in [0.25, 0.3) is 5.91 Å². The van der Waals surface area contributed by atoms with Crippen LogP contribution in [0.1, 0.15) is 56.3 Å². The minimum absolute atomic E-state index is 0.0124. The highest BCUT2D eigenvalue weighted by Crippen LogP contribution is 2.28. The Morgan fingerprint density at radius 3 is 2.37 bits per heavy atom. The molecular formula is C22H27FN2O2. The molecule has 144 valence electrons. The van der Waals surface area contributed by atoms with Crippen LogP contribution in [0, 0.1) is 11.7 Å². The molecule has 0 radical (unpaired) electrons. The smallest absolute Gasteiger partial charge is 0.251 e. The van der Waals surface area contributed by atoms with Gasteiger partial charge in [-0.05, 0) is 30.4 Å². The molecule has 3 rings (SSSR count). The number of amides is 2. The van der Waals surface area contributed by atoms with Crippen molar-refractivity contribution in [2.24, 2.45) is 5.92 Å². The molecule has 0 spiro atoms. The molecule has 0 aliphatic heterocycles. The fraction of sp³-hybridized carbons (Fsp3) is 0.455. The van der Waals surface area contributed by atoms with Crippen molar-refractivity contribution in [3.05, 3.63) is 47.8 Å². The Labute approximate surface area is 159 Å². The minimum atomic E-state index is -0.398. The molecule has 1 aliphatic rings. The van der Waals surface area contributed by atoms with Crippen molar-refractivity contribution < 1.29 is 14.0 Å². The topological polar surface area (TPSA) is 58.2 Å². The van der Waals surface area contributed by atoms with Crippen molar-refractivity contribution in [1.29, 1.82) is 0 Å². The lowest BCUT2D eigenvalue weighted by Crippen LogP contribution is -2.57. The van der Waals surface area contributed by atoms with Crippen LogP contribution in [-0.4, -0.2) is 23.9 Å². The second-order valence-corrected chi connectivity index (χ2v) is 7.81. The third kappa shape index (κ3) is 4.29. The Morgan fingerprint density at radius 2 is 1.70 bits per heavy atom. The van der Waals surface area contributed by atoms with Gasteiger partial charge >= 0.3 is 0 Å². The number of halogens is 1. The van der Waals surface area contributed by atoms with Gasteiger partial charge in [-0.2, -0.15) is 0 Å². The van der Waals surface area contributed by atoms with Crippen LogP contribution in [0.2, 0.25) is 0 Å². The highest BCUT2D eigenvalue weighted by atomic mass is 19.1. The molecule has 0 saturated heterocycles. The maximum Gasteiger partial charge on any atom is 0.251 e. The predicted octanol–water partition coefficient (Wildman–Crippen LogP) is 4.18. The maximum atomic E-state index is 14.0. The summed E-state index contributed by atoms with van der Waals surface area (Å²) in [5.74, 6) is -0.663. The lowest BCUT2D eigenvalue weighted by molar-refractivity contribution is -0.126. The Morgan fingerprint density at radius 1 is 1.04 bits per heavy atom. The van der Waals surface area contributed by atoms with Crippen LogP contribution < -0.4 is 10.6 Å². The van der Waals surface area contributed by atoms with Crippen LogP contribution in [0.25, 0.3) is 10.8 Å². The van der Waals surface area contributed by atoms with Crippen molar-refractivity contribution in [2.45, 2.75) is 51.5 Å². The first-order valence-corrected chi connectivity index (χ1v) is 9.69. The first-order chi connectivity index (χ1) is 12.9. The molecule has 2 aromatic rings. The van der Waals surface area contributed by atoms with Gasteiger partial charge in [-0.15, -0.1) is 0 Å². The SMILES string of the molecule is CC(C)C(=O)NC1(CNC(=O)c2ccc(F)c3ccccc23)CCCCC1. The van der Waals surface area contributed by atoms with E-state index in [1.165, 1.54) is 12.1 Å². The maximum absolute atomic E-state index is 14.0. The van der Waals surface area contributed by atoms with Gasteiger partial charge < -0.3 is 10.6 Å². The molecular weight excluding hydrogens is 343 g/mol. The molecule has 27 heavy (non-hydrogen) atoms. The summed E-state index contributed by atoms with van der Waals surface area (Å²) in [4.78, 5) is 25.1. The quantitative estimate of drug-likeness (QED) is 0.829. The fourth-order valence-corrected chi connectivity index (χ4v) is 3.79. The second kappa shape index (κ2) is 8.07. The summed E-state index contributed by atoms with van der Waals surface area (Å²) in [6.45, 7) is 4.13. The highest BCUT2D eigenvalue weighted by molar-refractivity contribution is 6.07. The Hall–Kier alpha value is -2.43. The van der Waals surface area contributed by atoms with Gasteiger partial charge in [0.2, 0.25) is 5.91 Å². The van der Waals surface area contributed by atoms with Gasteiger partial charge in [-0.25, -0.2) is 4.39 Å². The zero-order chi connectivity index (χ0) is 19.4. The molecule has 5 heteroatoms. The zero-order valence-electron chi connectivity index (χ0n) is 16.0. The van der Waals surface area contributed by atoms with E-state index in [1.54, 1.807) is 24.3 Å². The average Bonchev–Trinajstić information content (AvgIpc) is 2.67. The van der Waals surface area contributed by atoms with Crippen LogP contribution in [0.4, 0.5) is 4.39 Å². The second-order valence-electron chi connectivity index (χ2n) is 7.81. The Bertz CT molecular complexity index is 841. The summed E-state index contributed by atoms with van der Waals surface area (Å²) in [7, 11) is 0. The van der Waals surface area contributed by atoms with Crippen molar-refractivity contribution in [2.75, 3.05) is 6.54 Å². The number of rotatable bonds is 5. The van der Waals surface area contributed by atoms with Crippen molar-refractivity contribution in [1.82, 2.24) is 10.6 Å². The van der Waals surface area contributed by atoms with E-state index >= 15 is 0 Å². The molecule has 1 saturated carbocycles. The minimum Gasteiger partial charge on any atom is -0.350 e. The number of hydrogen-bond acceptors (Lipinski definition) is 2. The molecule has 4 nitrogen and oxygen atoms in total. The van der Waals surface area contributed by atoms with E-state index in [9.17, 15) is 14.0 Å². The van der Waals surface area contributed by atoms with Gasteiger partial charge in [-0.1, -0.05) is 57.4 Å². The fourth-order valence-electron chi connectivity index (χ4n) is 3.79. The van der Waals surface area contributed by atoms with Crippen molar-refractivity contribution in [3.8, 4) is 0 Å². The standard InChI is InChI=1S/C22H27FN2O2/c1-15(2)20(26)25-22(12-6-3-7-13-22)14-24-21(27)18-10-11-19(23)17-9-5-4-8-16(17)18/h4-5,8-11,15H,3,6-7,12-14H2,1-2H3,(H,24,27)(H,25,26). The zero-order valence-corrected chi connectivity index (χ0v) is 16.0. The lowest BCUT2D eigenvalue weighted by atomic mass is 9.81. The van der Waals surface area contributed by atoms with Gasteiger partial charge in [0.05, 0.1) is 5.54 Å². The van der Waals surface area contributed by atoms with E-state index in [-0.39, 0.29) is 23.5 Å². The number of hydrogen-bond donors (Lipinski definition) is 2. The number of benzene rings is 2. The normalized spacial score (nSPS) is 16.3. The summed E-state index contributed by atoms with van der Waals surface area (Å²) in [5.41, 5.74) is 0.0543. The van der Waals surface area contributed by atoms with Crippen LogP contribution in [0.3, 0.4) is 0 Å². The van der Waals surface area contributed by atoms with Gasteiger partial charge in [0.1, 0.15) is 5.82 Å². The van der Waals surface area contributed by atoms with Crippen molar-refractivity contribution in [3.63, 3.8) is 0 Å². The summed E-state index contributed by atoms with van der Waals surface area (Å²) in [6.07, 6.45) is 4.93.